The molecule has 0 aromatic carbocycles. The highest BCUT2D eigenvalue weighted by atomic mass is 33.1. The molecule has 108 valence electrons. The van der Waals surface area contributed by atoms with Crippen molar-refractivity contribution in [2.24, 2.45) is 0 Å². The van der Waals surface area contributed by atoms with E-state index in [-0.39, 0.29) is 0 Å². The molecule has 1 aliphatic rings. The lowest BCUT2D eigenvalue weighted by Gasteiger charge is -2.39. The van der Waals surface area contributed by atoms with Crippen LogP contribution in [0.4, 0.5) is 0 Å². The third-order valence-electron chi connectivity index (χ3n) is 3.33. The van der Waals surface area contributed by atoms with Gasteiger partial charge >= 0.3 is 0 Å². The molecule has 0 aliphatic carbocycles. The van der Waals surface area contributed by atoms with Crippen molar-refractivity contribution in [3.05, 3.63) is 0 Å². The first-order chi connectivity index (χ1) is 8.28. The van der Waals surface area contributed by atoms with Gasteiger partial charge in [-0.15, -0.1) is 0 Å². The Bertz CT molecular complexity index is 228. The minimum Gasteiger partial charge on any atom is -0.301 e. The molecule has 4 heteroatoms. The van der Waals surface area contributed by atoms with Crippen molar-refractivity contribution in [2.45, 2.75) is 51.0 Å². The zero-order chi connectivity index (χ0) is 13.8. The van der Waals surface area contributed by atoms with E-state index in [1.807, 2.05) is 0 Å². The van der Waals surface area contributed by atoms with E-state index in [9.17, 15) is 0 Å². The summed E-state index contributed by atoms with van der Waals surface area (Å²) in [6.45, 7) is 21.2. The monoisotopic (exact) mass is 290 g/mol. The number of rotatable bonds is 2. The maximum Gasteiger partial charge on any atom is 0.0334 e. The summed E-state index contributed by atoms with van der Waals surface area (Å²) in [5, 5.41) is 0. The first kappa shape index (κ1) is 16.7. The summed E-state index contributed by atoms with van der Waals surface area (Å²) in [6, 6.07) is 0. The van der Waals surface area contributed by atoms with Crippen LogP contribution in [0.15, 0.2) is 0 Å². The lowest BCUT2D eigenvalue weighted by molar-refractivity contribution is 0.198. The van der Waals surface area contributed by atoms with Gasteiger partial charge in [0.1, 0.15) is 0 Å². The summed E-state index contributed by atoms with van der Waals surface area (Å²) in [5.41, 5.74) is 0. The molecule has 0 radical (unpaired) electrons. The fourth-order valence-electron chi connectivity index (χ4n) is 2.34. The number of hydrogen-bond acceptors (Lipinski definition) is 4. The van der Waals surface area contributed by atoms with Gasteiger partial charge in [-0.25, -0.2) is 0 Å². The van der Waals surface area contributed by atoms with Crippen molar-refractivity contribution in [3.63, 3.8) is 0 Å². The first-order valence-electron chi connectivity index (χ1n) is 7.09. The van der Waals surface area contributed by atoms with Gasteiger partial charge in [0, 0.05) is 35.7 Å². The summed E-state index contributed by atoms with van der Waals surface area (Å²) >= 11 is 0. The quantitative estimate of drug-likeness (QED) is 0.717. The van der Waals surface area contributed by atoms with Crippen LogP contribution in [0.3, 0.4) is 0 Å². The van der Waals surface area contributed by atoms with Crippen LogP contribution in [0.5, 0.6) is 0 Å². The summed E-state index contributed by atoms with van der Waals surface area (Å²) in [5.74, 6) is 0. The molecule has 0 N–H and O–H groups in total. The molecule has 0 unspecified atom stereocenters. The molecule has 1 heterocycles. The van der Waals surface area contributed by atoms with E-state index in [2.05, 4.69) is 72.9 Å². The van der Waals surface area contributed by atoms with Gasteiger partial charge in [-0.05, 0) is 40.8 Å². The molecule has 0 amide bonds. The average Bonchev–Trinajstić information content (AvgIpc) is 2.29. The number of likely N-dealkylation sites (N-methyl/N-ethyl adjacent to an activating group) is 2. The second-order valence-electron chi connectivity index (χ2n) is 6.42. The fourth-order valence-corrected chi connectivity index (χ4v) is 4.93. The molecule has 1 saturated heterocycles. The predicted molar refractivity (Wildman–Crippen MR) is 87.6 cm³/mol. The Kier molecular flexibility index (Phi) is 6.36. The van der Waals surface area contributed by atoms with Crippen molar-refractivity contribution in [1.82, 2.24) is 9.80 Å². The zero-order valence-corrected chi connectivity index (χ0v) is 14.6. The third kappa shape index (κ3) is 5.72. The molecule has 0 bridgehead atoms. The van der Waals surface area contributed by atoms with Crippen LogP contribution in [0.25, 0.3) is 0 Å². The largest absolute Gasteiger partial charge is 0.301 e. The SMILES string of the molecule is CCN1CCN(CC)CC(C)(C)SSC(C)(C)C1. The van der Waals surface area contributed by atoms with Gasteiger partial charge < -0.3 is 9.80 Å². The van der Waals surface area contributed by atoms with E-state index < -0.39 is 0 Å². The molecule has 18 heavy (non-hydrogen) atoms. The van der Waals surface area contributed by atoms with Crippen LogP contribution in [-0.4, -0.2) is 58.6 Å². The second kappa shape index (κ2) is 6.87. The molecule has 1 rings (SSSR count). The van der Waals surface area contributed by atoms with Crippen molar-refractivity contribution < 1.29 is 0 Å². The summed E-state index contributed by atoms with van der Waals surface area (Å²) in [6.07, 6.45) is 0. The van der Waals surface area contributed by atoms with Crippen LogP contribution in [0, 0.1) is 0 Å². The number of hydrogen-bond donors (Lipinski definition) is 0. The normalized spacial score (nSPS) is 27.0. The third-order valence-corrected chi connectivity index (χ3v) is 7.53. The van der Waals surface area contributed by atoms with Gasteiger partial charge in [0.2, 0.25) is 0 Å². The van der Waals surface area contributed by atoms with Gasteiger partial charge in [-0.3, -0.25) is 0 Å². The van der Waals surface area contributed by atoms with Crippen LogP contribution in [0.1, 0.15) is 41.5 Å². The maximum atomic E-state index is 2.59. The topological polar surface area (TPSA) is 6.48 Å². The molecule has 0 atom stereocenters. The van der Waals surface area contributed by atoms with Crippen molar-refractivity contribution in [2.75, 3.05) is 39.3 Å². The molecule has 1 aliphatic heterocycles. The standard InChI is InChI=1S/C14H30N2S2/c1-7-15-9-10-16(8-2)12-14(5,6)18-17-13(3,4)11-15/h7-12H2,1-6H3. The van der Waals surface area contributed by atoms with Crippen molar-refractivity contribution in [1.29, 1.82) is 0 Å². The predicted octanol–water partition coefficient (Wildman–Crippen LogP) is 3.58. The summed E-state index contributed by atoms with van der Waals surface area (Å²) < 4.78 is 0.679. The minimum atomic E-state index is 0.340. The smallest absolute Gasteiger partial charge is 0.0334 e. The molecular weight excluding hydrogens is 260 g/mol. The Morgan fingerprint density at radius 3 is 1.39 bits per heavy atom. The van der Waals surface area contributed by atoms with Crippen LogP contribution in [-0.2, 0) is 0 Å². The Labute approximate surface area is 122 Å². The van der Waals surface area contributed by atoms with Gasteiger partial charge in [0.25, 0.3) is 0 Å². The first-order valence-corrected chi connectivity index (χ1v) is 9.24. The summed E-state index contributed by atoms with van der Waals surface area (Å²) in [4.78, 5) is 5.18. The molecule has 0 saturated carbocycles. The van der Waals surface area contributed by atoms with Crippen molar-refractivity contribution >= 4 is 21.6 Å². The Morgan fingerprint density at radius 1 is 0.778 bits per heavy atom. The Morgan fingerprint density at radius 2 is 1.11 bits per heavy atom. The minimum absolute atomic E-state index is 0.340. The van der Waals surface area contributed by atoms with Crippen LogP contribution < -0.4 is 0 Å². The lowest BCUT2D eigenvalue weighted by Crippen LogP contribution is -2.45. The highest BCUT2D eigenvalue weighted by Gasteiger charge is 2.30. The fraction of sp³-hybridized carbons (Fsp3) is 1.00. The van der Waals surface area contributed by atoms with Crippen LogP contribution >= 0.6 is 21.6 Å². The average molecular weight is 291 g/mol. The van der Waals surface area contributed by atoms with E-state index >= 15 is 0 Å². The van der Waals surface area contributed by atoms with E-state index in [0.717, 1.165) is 13.1 Å². The molecule has 0 aromatic heterocycles. The highest BCUT2D eigenvalue weighted by molar-refractivity contribution is 8.77. The van der Waals surface area contributed by atoms with Gasteiger partial charge in [-0.1, -0.05) is 35.4 Å². The Hall–Kier alpha value is 0.620. The lowest BCUT2D eigenvalue weighted by atomic mass is 10.1. The zero-order valence-electron chi connectivity index (χ0n) is 13.0. The van der Waals surface area contributed by atoms with Crippen LogP contribution in [0.2, 0.25) is 0 Å². The molecule has 2 nitrogen and oxygen atoms in total. The maximum absolute atomic E-state index is 2.59. The Balaban J connectivity index is 2.74. The number of nitrogens with zero attached hydrogens (tertiary/aromatic N) is 2. The van der Waals surface area contributed by atoms with E-state index in [1.54, 1.807) is 0 Å². The molecular formula is C14H30N2S2. The van der Waals surface area contributed by atoms with Gasteiger partial charge in [-0.2, -0.15) is 0 Å². The van der Waals surface area contributed by atoms with E-state index in [1.165, 1.54) is 26.2 Å². The van der Waals surface area contributed by atoms with Gasteiger partial charge in [0.15, 0.2) is 0 Å². The van der Waals surface area contributed by atoms with Crippen molar-refractivity contribution in [3.8, 4) is 0 Å². The van der Waals surface area contributed by atoms with E-state index in [4.69, 9.17) is 0 Å². The summed E-state index contributed by atoms with van der Waals surface area (Å²) in [7, 11) is 4.13. The molecule has 1 fully saturated rings. The molecule has 0 spiro atoms. The highest BCUT2D eigenvalue weighted by Crippen LogP contribution is 2.44. The van der Waals surface area contributed by atoms with Gasteiger partial charge in [0.05, 0.1) is 0 Å². The van der Waals surface area contributed by atoms with E-state index in [0.29, 0.717) is 9.49 Å². The molecule has 0 aromatic rings. The second-order valence-corrected chi connectivity index (χ2v) is 9.97.